The molecule has 0 saturated carbocycles. The van der Waals surface area contributed by atoms with Crippen molar-refractivity contribution in [3.8, 4) is 0 Å². The summed E-state index contributed by atoms with van der Waals surface area (Å²) in [5, 5.41) is 0. The quantitative estimate of drug-likeness (QED) is 0.518. The van der Waals surface area contributed by atoms with E-state index in [1.54, 1.807) is 0 Å². The van der Waals surface area contributed by atoms with Gasteiger partial charge in [-0.15, -0.1) is 0 Å². The molecule has 0 amide bonds. The fourth-order valence-corrected chi connectivity index (χ4v) is 4.67. The molecule has 0 aromatic heterocycles. The van der Waals surface area contributed by atoms with Crippen LogP contribution < -0.4 is 9.80 Å². The molecule has 3 rings (SSSR count). The first kappa shape index (κ1) is 20.5. The summed E-state index contributed by atoms with van der Waals surface area (Å²) >= 11 is 0. The minimum atomic E-state index is 0.0957. The van der Waals surface area contributed by atoms with Gasteiger partial charge in [0.15, 0.2) is 0 Å². The molecule has 0 bridgehead atoms. The van der Waals surface area contributed by atoms with E-state index in [9.17, 15) is 0 Å². The third-order valence-electron chi connectivity index (χ3n) is 6.53. The van der Waals surface area contributed by atoms with E-state index >= 15 is 0 Å². The fraction of sp³-hybridized carbons (Fsp3) is 0.462. The summed E-state index contributed by atoms with van der Waals surface area (Å²) in [6.07, 6.45) is 4.79. The Morgan fingerprint density at radius 1 is 0.714 bits per heavy atom. The molecule has 150 valence electrons. The predicted octanol–water partition coefficient (Wildman–Crippen LogP) is 6.51. The van der Waals surface area contributed by atoms with Crippen LogP contribution in [0.4, 0.5) is 11.4 Å². The Morgan fingerprint density at radius 2 is 1.18 bits per heavy atom. The van der Waals surface area contributed by atoms with Crippen LogP contribution in [0.1, 0.15) is 58.6 Å². The molecule has 28 heavy (non-hydrogen) atoms. The average Bonchev–Trinajstić information content (AvgIpc) is 3.13. The lowest BCUT2D eigenvalue weighted by Crippen LogP contribution is -2.23. The number of rotatable bonds is 8. The van der Waals surface area contributed by atoms with Crippen molar-refractivity contribution in [1.29, 1.82) is 0 Å². The van der Waals surface area contributed by atoms with Crippen molar-refractivity contribution >= 4 is 16.9 Å². The summed E-state index contributed by atoms with van der Waals surface area (Å²) in [6.45, 7) is 15.5. The second-order valence-electron chi connectivity index (χ2n) is 7.93. The van der Waals surface area contributed by atoms with Gasteiger partial charge in [-0.3, -0.25) is 0 Å². The number of anilines is 2. The van der Waals surface area contributed by atoms with Gasteiger partial charge in [-0.2, -0.15) is 0 Å². The SMILES string of the molecule is CCN(CC)c1ccc(C2=CCCC2(C)c2ccc(N(CC)CC)cc2)cc1. The van der Waals surface area contributed by atoms with Crippen LogP contribution in [0.5, 0.6) is 0 Å². The first-order chi connectivity index (χ1) is 13.6. The molecule has 0 fully saturated rings. The van der Waals surface area contributed by atoms with E-state index in [1.807, 2.05) is 0 Å². The van der Waals surface area contributed by atoms with E-state index in [4.69, 9.17) is 0 Å². The van der Waals surface area contributed by atoms with Crippen molar-refractivity contribution in [1.82, 2.24) is 0 Å². The van der Waals surface area contributed by atoms with E-state index in [1.165, 1.54) is 34.5 Å². The minimum Gasteiger partial charge on any atom is -0.372 e. The van der Waals surface area contributed by atoms with E-state index in [2.05, 4.69) is 99.0 Å². The van der Waals surface area contributed by atoms with Crippen molar-refractivity contribution in [2.45, 2.75) is 52.9 Å². The van der Waals surface area contributed by atoms with Gasteiger partial charge < -0.3 is 9.80 Å². The topological polar surface area (TPSA) is 6.48 Å². The van der Waals surface area contributed by atoms with Crippen molar-refractivity contribution in [3.05, 3.63) is 65.7 Å². The van der Waals surface area contributed by atoms with Crippen LogP contribution in [0.3, 0.4) is 0 Å². The van der Waals surface area contributed by atoms with Gasteiger partial charge in [0.1, 0.15) is 0 Å². The van der Waals surface area contributed by atoms with Crippen LogP contribution in [0.15, 0.2) is 54.6 Å². The zero-order chi connectivity index (χ0) is 20.1. The molecule has 0 aliphatic heterocycles. The standard InChI is InChI=1S/C26H36N2/c1-6-27(7-2)23-16-12-21(13-17-23)25-11-10-20-26(25,5)22-14-18-24(19-15-22)28(8-3)9-4/h11-19H,6-10,20H2,1-5H3. The Morgan fingerprint density at radius 3 is 1.64 bits per heavy atom. The molecule has 2 aromatic carbocycles. The highest BCUT2D eigenvalue weighted by Crippen LogP contribution is 2.47. The Kier molecular flexibility index (Phi) is 6.49. The van der Waals surface area contributed by atoms with Gasteiger partial charge in [0, 0.05) is 43.0 Å². The summed E-state index contributed by atoms with van der Waals surface area (Å²) in [7, 11) is 0. The third-order valence-corrected chi connectivity index (χ3v) is 6.53. The van der Waals surface area contributed by atoms with Gasteiger partial charge in [0.25, 0.3) is 0 Å². The highest BCUT2D eigenvalue weighted by molar-refractivity contribution is 5.78. The summed E-state index contributed by atoms with van der Waals surface area (Å²) in [5.41, 5.74) is 7.01. The monoisotopic (exact) mass is 376 g/mol. The predicted molar refractivity (Wildman–Crippen MR) is 125 cm³/mol. The molecule has 2 aromatic rings. The lowest BCUT2D eigenvalue weighted by Gasteiger charge is -2.30. The second-order valence-corrected chi connectivity index (χ2v) is 7.93. The van der Waals surface area contributed by atoms with Crippen molar-refractivity contribution in [3.63, 3.8) is 0 Å². The minimum absolute atomic E-state index is 0.0957. The van der Waals surface area contributed by atoms with Gasteiger partial charge >= 0.3 is 0 Å². The van der Waals surface area contributed by atoms with Crippen molar-refractivity contribution in [2.75, 3.05) is 36.0 Å². The summed E-state index contributed by atoms with van der Waals surface area (Å²) in [5.74, 6) is 0. The van der Waals surface area contributed by atoms with Gasteiger partial charge in [-0.1, -0.05) is 37.3 Å². The highest BCUT2D eigenvalue weighted by Gasteiger charge is 2.35. The smallest absolute Gasteiger partial charge is 0.0366 e. The van der Waals surface area contributed by atoms with E-state index in [-0.39, 0.29) is 5.41 Å². The molecule has 2 nitrogen and oxygen atoms in total. The molecular weight excluding hydrogens is 340 g/mol. The maximum atomic E-state index is 2.45. The Balaban J connectivity index is 1.87. The van der Waals surface area contributed by atoms with Gasteiger partial charge in [0.05, 0.1) is 0 Å². The highest BCUT2D eigenvalue weighted by atomic mass is 15.1. The molecule has 0 saturated heterocycles. The summed E-state index contributed by atoms with van der Waals surface area (Å²) < 4.78 is 0. The van der Waals surface area contributed by atoms with Crippen LogP contribution in [0, 0.1) is 0 Å². The first-order valence-electron chi connectivity index (χ1n) is 11.0. The maximum Gasteiger partial charge on any atom is 0.0366 e. The molecular formula is C26H36N2. The van der Waals surface area contributed by atoms with Crippen LogP contribution in [0.2, 0.25) is 0 Å². The van der Waals surface area contributed by atoms with Gasteiger partial charge in [-0.05, 0) is 81.5 Å². The fourth-order valence-electron chi connectivity index (χ4n) is 4.67. The van der Waals surface area contributed by atoms with Crippen molar-refractivity contribution in [2.24, 2.45) is 0 Å². The number of allylic oxidation sites excluding steroid dienone is 2. The van der Waals surface area contributed by atoms with E-state index < -0.39 is 0 Å². The van der Waals surface area contributed by atoms with Crippen LogP contribution in [0.25, 0.3) is 5.57 Å². The summed E-state index contributed by atoms with van der Waals surface area (Å²) in [4.78, 5) is 4.81. The zero-order valence-electron chi connectivity index (χ0n) is 18.3. The normalized spacial score (nSPS) is 18.8. The molecule has 0 radical (unpaired) electrons. The van der Waals surface area contributed by atoms with E-state index in [0.29, 0.717) is 0 Å². The van der Waals surface area contributed by atoms with Crippen LogP contribution in [-0.2, 0) is 5.41 Å². The lowest BCUT2D eigenvalue weighted by atomic mass is 9.74. The summed E-state index contributed by atoms with van der Waals surface area (Å²) in [6, 6.07) is 18.5. The molecule has 1 atom stereocenters. The lowest BCUT2D eigenvalue weighted by molar-refractivity contribution is 0.594. The Bertz CT molecular complexity index is 780. The molecule has 1 unspecified atom stereocenters. The molecule has 2 heteroatoms. The number of benzene rings is 2. The number of nitrogens with zero attached hydrogens (tertiary/aromatic N) is 2. The van der Waals surface area contributed by atoms with E-state index in [0.717, 1.165) is 32.6 Å². The Labute approximate surface area is 171 Å². The molecule has 0 N–H and O–H groups in total. The van der Waals surface area contributed by atoms with Gasteiger partial charge in [0.2, 0.25) is 0 Å². The van der Waals surface area contributed by atoms with Crippen LogP contribution >= 0.6 is 0 Å². The zero-order valence-corrected chi connectivity index (χ0v) is 18.3. The molecule has 0 heterocycles. The Hall–Kier alpha value is -2.22. The molecule has 0 spiro atoms. The van der Waals surface area contributed by atoms with Crippen molar-refractivity contribution < 1.29 is 0 Å². The average molecular weight is 377 g/mol. The number of hydrogen-bond acceptors (Lipinski definition) is 2. The van der Waals surface area contributed by atoms with Gasteiger partial charge in [-0.25, -0.2) is 0 Å². The molecule has 1 aliphatic rings. The van der Waals surface area contributed by atoms with Crippen LogP contribution in [-0.4, -0.2) is 26.2 Å². The maximum absolute atomic E-state index is 2.45. The molecule has 1 aliphatic carbocycles. The third kappa shape index (κ3) is 3.83. The number of hydrogen-bond donors (Lipinski definition) is 0. The largest absolute Gasteiger partial charge is 0.372 e. The second kappa shape index (κ2) is 8.86. The first-order valence-corrected chi connectivity index (χ1v) is 11.0.